The first kappa shape index (κ1) is 14.7. The lowest BCUT2D eigenvalue weighted by molar-refractivity contribution is 0.0268. The Hall–Kier alpha value is -1.70. The highest BCUT2D eigenvalue weighted by atomic mass is 19.1. The number of rotatable bonds is 5. The lowest BCUT2D eigenvalue weighted by atomic mass is 10.0. The van der Waals surface area contributed by atoms with Gasteiger partial charge in [-0.25, -0.2) is 4.39 Å². The first-order chi connectivity index (χ1) is 9.52. The fraction of sp³-hybridized carbons (Fsp3) is 0.462. The molecular weight excluding hydrogens is 265 g/mol. The molecule has 110 valence electrons. The van der Waals surface area contributed by atoms with Gasteiger partial charge < -0.3 is 26.1 Å². The number of oxime groups is 1. The van der Waals surface area contributed by atoms with Crippen LogP contribution in [0.5, 0.6) is 0 Å². The van der Waals surface area contributed by atoms with Crippen LogP contribution in [0, 0.1) is 5.82 Å². The number of hydrogen-bond donors (Lipinski definition) is 4. The molecule has 0 saturated carbocycles. The molecule has 1 fully saturated rings. The van der Waals surface area contributed by atoms with Gasteiger partial charge in [0.25, 0.3) is 0 Å². The Labute approximate surface area is 116 Å². The third-order valence-electron chi connectivity index (χ3n) is 3.23. The maximum atomic E-state index is 13.4. The number of aliphatic hydroxyl groups is 1. The predicted octanol–water partition coefficient (Wildman–Crippen LogP) is 0.161. The van der Waals surface area contributed by atoms with Crippen molar-refractivity contribution in [2.45, 2.75) is 18.6 Å². The molecule has 2 rings (SSSR count). The number of benzene rings is 1. The highest BCUT2D eigenvalue weighted by Crippen LogP contribution is 2.17. The van der Waals surface area contributed by atoms with E-state index in [4.69, 9.17) is 15.7 Å². The molecule has 7 heteroatoms. The quantitative estimate of drug-likeness (QED) is 0.267. The molecule has 0 spiro atoms. The Balaban J connectivity index is 1.97. The Morgan fingerprint density at radius 1 is 1.50 bits per heavy atom. The van der Waals surface area contributed by atoms with E-state index in [1.54, 1.807) is 6.07 Å². The van der Waals surface area contributed by atoms with Crippen molar-refractivity contribution < 1.29 is 19.4 Å². The Bertz CT molecular complexity index is 502. The average Bonchev–Trinajstić information content (AvgIpc) is 2.84. The van der Waals surface area contributed by atoms with E-state index in [1.165, 1.54) is 12.1 Å². The molecule has 6 nitrogen and oxygen atoms in total. The summed E-state index contributed by atoms with van der Waals surface area (Å²) in [6.07, 6.45) is 0.582. The molecule has 0 bridgehead atoms. The summed E-state index contributed by atoms with van der Waals surface area (Å²) in [6, 6.07) is 4.17. The zero-order chi connectivity index (χ0) is 14.6. The summed E-state index contributed by atoms with van der Waals surface area (Å²) in [5.74, 6) is -0.609. The fourth-order valence-corrected chi connectivity index (χ4v) is 2.13. The van der Waals surface area contributed by atoms with Crippen LogP contribution in [0.1, 0.15) is 17.5 Å². The third kappa shape index (κ3) is 3.66. The van der Waals surface area contributed by atoms with E-state index in [2.05, 4.69) is 10.5 Å². The molecule has 1 aliphatic rings. The largest absolute Gasteiger partial charge is 0.409 e. The van der Waals surface area contributed by atoms with Crippen LogP contribution in [0.3, 0.4) is 0 Å². The molecule has 5 N–H and O–H groups in total. The predicted molar refractivity (Wildman–Crippen MR) is 71.0 cm³/mol. The Morgan fingerprint density at radius 3 is 2.95 bits per heavy atom. The van der Waals surface area contributed by atoms with Gasteiger partial charge in [-0.2, -0.15) is 0 Å². The lowest BCUT2D eigenvalue weighted by Gasteiger charge is -2.20. The van der Waals surface area contributed by atoms with Gasteiger partial charge in [0.15, 0.2) is 5.84 Å². The van der Waals surface area contributed by atoms with Crippen molar-refractivity contribution in [3.63, 3.8) is 0 Å². The number of ether oxygens (including phenoxy) is 1. The molecule has 1 aromatic rings. The van der Waals surface area contributed by atoms with Gasteiger partial charge >= 0.3 is 0 Å². The topological polar surface area (TPSA) is 100 Å². The molecule has 1 unspecified atom stereocenters. The van der Waals surface area contributed by atoms with Gasteiger partial charge in [0, 0.05) is 31.7 Å². The molecule has 1 heterocycles. The number of nitrogens with two attached hydrogens (primary N) is 1. The molecule has 1 aliphatic heterocycles. The SMILES string of the molecule is N/C(=N/O)c1cc(F)cc(CNCC2(O)CCOC2)c1. The van der Waals surface area contributed by atoms with Gasteiger partial charge in [0.05, 0.1) is 6.61 Å². The second-order valence-electron chi connectivity index (χ2n) is 4.96. The molecule has 1 saturated heterocycles. The summed E-state index contributed by atoms with van der Waals surface area (Å²) in [4.78, 5) is 0. The first-order valence-corrected chi connectivity index (χ1v) is 6.31. The lowest BCUT2D eigenvalue weighted by Crippen LogP contribution is -2.40. The Morgan fingerprint density at radius 2 is 2.30 bits per heavy atom. The van der Waals surface area contributed by atoms with Crippen LogP contribution in [0.25, 0.3) is 0 Å². The number of amidine groups is 1. The van der Waals surface area contributed by atoms with Gasteiger partial charge in [0.1, 0.15) is 11.4 Å². The minimum atomic E-state index is -0.859. The van der Waals surface area contributed by atoms with Gasteiger partial charge in [-0.15, -0.1) is 0 Å². The highest BCUT2D eigenvalue weighted by molar-refractivity contribution is 5.97. The van der Waals surface area contributed by atoms with Crippen LogP contribution in [0.15, 0.2) is 23.4 Å². The minimum Gasteiger partial charge on any atom is -0.409 e. The summed E-state index contributed by atoms with van der Waals surface area (Å²) < 4.78 is 18.6. The van der Waals surface area contributed by atoms with Crippen LogP contribution < -0.4 is 11.1 Å². The van der Waals surface area contributed by atoms with Gasteiger partial charge in [-0.3, -0.25) is 0 Å². The van der Waals surface area contributed by atoms with E-state index in [9.17, 15) is 9.50 Å². The van der Waals surface area contributed by atoms with E-state index in [1.807, 2.05) is 0 Å². The molecule has 20 heavy (non-hydrogen) atoms. The minimum absolute atomic E-state index is 0.145. The molecule has 1 atom stereocenters. The zero-order valence-electron chi connectivity index (χ0n) is 11.0. The standard InChI is InChI=1S/C13H18FN3O3/c14-11-4-9(3-10(5-11)12(15)17-19)6-16-7-13(18)1-2-20-8-13/h3-5,16,18-19H,1-2,6-8H2,(H2,15,17). The van der Waals surface area contributed by atoms with Crippen molar-refractivity contribution in [3.05, 3.63) is 35.1 Å². The number of nitrogens with zero attached hydrogens (tertiary/aromatic N) is 1. The number of nitrogens with one attached hydrogen (secondary N) is 1. The van der Waals surface area contributed by atoms with E-state index >= 15 is 0 Å². The summed E-state index contributed by atoms with van der Waals surface area (Å²) >= 11 is 0. The summed E-state index contributed by atoms with van der Waals surface area (Å²) in [5, 5.41) is 24.6. The van der Waals surface area contributed by atoms with E-state index in [0.717, 1.165) is 0 Å². The van der Waals surface area contributed by atoms with Crippen LogP contribution in [-0.4, -0.2) is 41.5 Å². The van der Waals surface area contributed by atoms with Gasteiger partial charge in [-0.05, 0) is 23.8 Å². The zero-order valence-corrected chi connectivity index (χ0v) is 11.0. The number of halogens is 1. The monoisotopic (exact) mass is 283 g/mol. The highest BCUT2D eigenvalue weighted by Gasteiger charge is 2.31. The molecule has 0 aromatic heterocycles. The van der Waals surface area contributed by atoms with Crippen LogP contribution in [0.2, 0.25) is 0 Å². The second kappa shape index (κ2) is 6.17. The smallest absolute Gasteiger partial charge is 0.170 e. The Kier molecular flexibility index (Phi) is 4.53. The summed E-state index contributed by atoms with van der Waals surface area (Å²) in [6.45, 7) is 1.58. The first-order valence-electron chi connectivity index (χ1n) is 6.31. The molecular formula is C13H18FN3O3. The average molecular weight is 283 g/mol. The second-order valence-corrected chi connectivity index (χ2v) is 4.96. The van der Waals surface area contributed by atoms with Crippen LogP contribution in [-0.2, 0) is 11.3 Å². The maximum Gasteiger partial charge on any atom is 0.170 e. The molecule has 0 amide bonds. The summed E-state index contributed by atoms with van der Waals surface area (Å²) in [7, 11) is 0. The number of hydrogen-bond acceptors (Lipinski definition) is 5. The maximum absolute atomic E-state index is 13.4. The van der Waals surface area contributed by atoms with E-state index < -0.39 is 11.4 Å². The van der Waals surface area contributed by atoms with Crippen molar-refractivity contribution in [1.82, 2.24) is 5.32 Å². The van der Waals surface area contributed by atoms with Crippen molar-refractivity contribution in [1.29, 1.82) is 0 Å². The van der Waals surface area contributed by atoms with Gasteiger partial charge in [-0.1, -0.05) is 5.16 Å². The van der Waals surface area contributed by atoms with Gasteiger partial charge in [0.2, 0.25) is 0 Å². The fourth-order valence-electron chi connectivity index (χ4n) is 2.13. The third-order valence-corrected chi connectivity index (χ3v) is 3.23. The van der Waals surface area contributed by atoms with Crippen molar-refractivity contribution in [2.24, 2.45) is 10.9 Å². The molecule has 0 aliphatic carbocycles. The van der Waals surface area contributed by atoms with Crippen LogP contribution in [0.4, 0.5) is 4.39 Å². The summed E-state index contributed by atoms with van der Waals surface area (Å²) in [5.41, 5.74) is 5.54. The normalized spacial score (nSPS) is 23.2. The van der Waals surface area contributed by atoms with Crippen molar-refractivity contribution in [2.75, 3.05) is 19.8 Å². The molecule has 1 aromatic carbocycles. The molecule has 0 radical (unpaired) electrons. The van der Waals surface area contributed by atoms with Crippen LogP contribution >= 0.6 is 0 Å². The van der Waals surface area contributed by atoms with Crippen molar-refractivity contribution in [3.8, 4) is 0 Å². The van der Waals surface area contributed by atoms with Crippen molar-refractivity contribution >= 4 is 5.84 Å². The van der Waals surface area contributed by atoms with E-state index in [0.29, 0.717) is 43.9 Å². The van der Waals surface area contributed by atoms with E-state index in [-0.39, 0.29) is 5.84 Å².